The fraction of sp³-hybridized carbons (Fsp3) is 0.692. The number of aromatic nitrogens is 2. The minimum atomic E-state index is -0.286. The first-order valence-corrected chi connectivity index (χ1v) is 6.39. The smallest absolute Gasteiger partial charge is 0.274 e. The first kappa shape index (κ1) is 13.1. The van der Waals surface area contributed by atoms with Crippen molar-refractivity contribution in [3.8, 4) is 0 Å². The molecule has 18 heavy (non-hydrogen) atoms. The highest BCUT2D eigenvalue weighted by molar-refractivity contribution is 5.93. The number of nitrogens with zero attached hydrogens (tertiary/aromatic N) is 2. The Morgan fingerprint density at radius 2 is 2.39 bits per heavy atom. The monoisotopic (exact) mass is 251 g/mol. The van der Waals surface area contributed by atoms with Crippen molar-refractivity contribution in [1.29, 1.82) is 0 Å². The Morgan fingerprint density at radius 3 is 2.94 bits per heavy atom. The molecule has 1 N–H and O–H groups in total. The second-order valence-electron chi connectivity index (χ2n) is 5.44. The van der Waals surface area contributed by atoms with Gasteiger partial charge in [-0.25, -0.2) is 4.98 Å². The molecule has 1 amide bonds. The largest absolute Gasteiger partial charge is 0.372 e. The predicted octanol–water partition coefficient (Wildman–Crippen LogP) is 1.75. The van der Waals surface area contributed by atoms with Crippen LogP contribution in [0.2, 0.25) is 0 Å². The molecule has 1 unspecified atom stereocenters. The van der Waals surface area contributed by atoms with Crippen molar-refractivity contribution in [3.63, 3.8) is 0 Å². The standard InChI is InChI=1S/C13H21N3O2/c1-5-10-6-18-13(3,4)7-16(10)12(17)11-9(2)14-8-15-11/h8,10H,5-7H2,1-4H3,(H,14,15). The van der Waals surface area contributed by atoms with E-state index in [2.05, 4.69) is 16.9 Å². The van der Waals surface area contributed by atoms with E-state index >= 15 is 0 Å². The van der Waals surface area contributed by atoms with Gasteiger partial charge >= 0.3 is 0 Å². The number of carbonyl (C=O) groups is 1. The van der Waals surface area contributed by atoms with E-state index in [-0.39, 0.29) is 17.6 Å². The van der Waals surface area contributed by atoms with Gasteiger partial charge in [0.15, 0.2) is 0 Å². The molecule has 0 saturated carbocycles. The molecule has 2 heterocycles. The highest BCUT2D eigenvalue weighted by atomic mass is 16.5. The third kappa shape index (κ3) is 2.41. The molecule has 0 aliphatic carbocycles. The number of carbonyl (C=O) groups excluding carboxylic acids is 1. The molecule has 1 atom stereocenters. The fourth-order valence-electron chi connectivity index (χ4n) is 2.28. The van der Waals surface area contributed by atoms with Crippen LogP contribution in [-0.4, -0.2) is 45.6 Å². The van der Waals surface area contributed by atoms with Crippen molar-refractivity contribution in [1.82, 2.24) is 14.9 Å². The van der Waals surface area contributed by atoms with Crippen LogP contribution in [0.3, 0.4) is 0 Å². The van der Waals surface area contributed by atoms with E-state index in [1.54, 1.807) is 6.33 Å². The van der Waals surface area contributed by atoms with E-state index in [1.165, 1.54) is 0 Å². The van der Waals surface area contributed by atoms with Gasteiger partial charge in [0.25, 0.3) is 5.91 Å². The fourth-order valence-corrected chi connectivity index (χ4v) is 2.28. The summed E-state index contributed by atoms with van der Waals surface area (Å²) in [6.45, 7) is 9.17. The lowest BCUT2D eigenvalue weighted by molar-refractivity contribution is -0.102. The number of amides is 1. The van der Waals surface area contributed by atoms with Crippen LogP contribution in [0.1, 0.15) is 43.4 Å². The van der Waals surface area contributed by atoms with Gasteiger partial charge in [-0.05, 0) is 27.2 Å². The minimum Gasteiger partial charge on any atom is -0.372 e. The Balaban J connectivity index is 2.23. The van der Waals surface area contributed by atoms with Crippen LogP contribution in [0, 0.1) is 6.92 Å². The first-order chi connectivity index (χ1) is 8.44. The number of aromatic amines is 1. The Bertz CT molecular complexity index is 439. The van der Waals surface area contributed by atoms with Crippen molar-refractivity contribution in [3.05, 3.63) is 17.7 Å². The lowest BCUT2D eigenvalue weighted by Crippen LogP contribution is -2.56. The molecule has 0 spiro atoms. The van der Waals surface area contributed by atoms with Gasteiger partial charge in [0.05, 0.1) is 24.6 Å². The van der Waals surface area contributed by atoms with E-state index in [0.717, 1.165) is 12.1 Å². The molecule has 0 bridgehead atoms. The van der Waals surface area contributed by atoms with Gasteiger partial charge in [0, 0.05) is 12.2 Å². The van der Waals surface area contributed by atoms with Gasteiger partial charge in [-0.3, -0.25) is 4.79 Å². The SMILES string of the molecule is CCC1COC(C)(C)CN1C(=O)c1nc[nH]c1C. The number of imidazole rings is 1. The van der Waals surface area contributed by atoms with Gasteiger partial charge < -0.3 is 14.6 Å². The predicted molar refractivity (Wildman–Crippen MR) is 68.5 cm³/mol. The van der Waals surface area contributed by atoms with Gasteiger partial charge in [-0.2, -0.15) is 0 Å². The number of H-pyrrole nitrogens is 1. The zero-order valence-electron chi connectivity index (χ0n) is 11.5. The molecule has 5 nitrogen and oxygen atoms in total. The molecule has 1 aliphatic heterocycles. The van der Waals surface area contributed by atoms with Crippen molar-refractivity contribution >= 4 is 5.91 Å². The average Bonchev–Trinajstić information content (AvgIpc) is 2.73. The zero-order chi connectivity index (χ0) is 13.3. The molecule has 1 aromatic heterocycles. The summed E-state index contributed by atoms with van der Waals surface area (Å²) in [6, 6.07) is 0.140. The summed E-state index contributed by atoms with van der Waals surface area (Å²) in [5.74, 6) is -0.00280. The van der Waals surface area contributed by atoms with Crippen LogP contribution in [0.15, 0.2) is 6.33 Å². The summed E-state index contributed by atoms with van der Waals surface area (Å²) in [6.07, 6.45) is 2.46. The number of ether oxygens (including phenoxy) is 1. The van der Waals surface area contributed by atoms with Crippen LogP contribution in [-0.2, 0) is 4.74 Å². The minimum absolute atomic E-state index is 0.00280. The number of morpholine rings is 1. The zero-order valence-corrected chi connectivity index (χ0v) is 11.5. The molecule has 0 radical (unpaired) electrons. The molecule has 1 aliphatic rings. The van der Waals surface area contributed by atoms with E-state index in [4.69, 9.17) is 4.74 Å². The number of aryl methyl sites for hydroxylation is 1. The van der Waals surface area contributed by atoms with Crippen LogP contribution in [0.4, 0.5) is 0 Å². The second-order valence-corrected chi connectivity index (χ2v) is 5.44. The summed E-state index contributed by atoms with van der Waals surface area (Å²) in [5.41, 5.74) is 1.05. The number of hydrogen-bond acceptors (Lipinski definition) is 3. The lowest BCUT2D eigenvalue weighted by Gasteiger charge is -2.43. The van der Waals surface area contributed by atoms with Crippen molar-refractivity contribution in [2.45, 2.75) is 45.8 Å². The average molecular weight is 251 g/mol. The quantitative estimate of drug-likeness (QED) is 0.871. The maximum absolute atomic E-state index is 12.5. The Labute approximate surface area is 108 Å². The highest BCUT2D eigenvalue weighted by Gasteiger charge is 2.36. The van der Waals surface area contributed by atoms with E-state index in [9.17, 15) is 4.79 Å². The maximum atomic E-state index is 12.5. The molecule has 2 rings (SSSR count). The van der Waals surface area contributed by atoms with Crippen LogP contribution >= 0.6 is 0 Å². The van der Waals surface area contributed by atoms with Crippen LogP contribution in [0.25, 0.3) is 0 Å². The summed E-state index contributed by atoms with van der Waals surface area (Å²) < 4.78 is 5.77. The summed E-state index contributed by atoms with van der Waals surface area (Å²) >= 11 is 0. The highest BCUT2D eigenvalue weighted by Crippen LogP contribution is 2.24. The lowest BCUT2D eigenvalue weighted by atomic mass is 10.0. The molecule has 100 valence electrons. The van der Waals surface area contributed by atoms with Crippen molar-refractivity contribution in [2.75, 3.05) is 13.2 Å². The third-order valence-electron chi connectivity index (χ3n) is 3.42. The van der Waals surface area contributed by atoms with Gasteiger partial charge in [0.2, 0.25) is 0 Å². The molecule has 5 heteroatoms. The second kappa shape index (κ2) is 4.72. The normalized spacial score (nSPS) is 23.1. The molecular formula is C13H21N3O2. The summed E-state index contributed by atoms with van der Waals surface area (Å²) in [5, 5.41) is 0. The number of nitrogens with one attached hydrogen (secondary N) is 1. The Hall–Kier alpha value is -1.36. The van der Waals surface area contributed by atoms with Crippen LogP contribution in [0.5, 0.6) is 0 Å². The summed E-state index contributed by atoms with van der Waals surface area (Å²) in [7, 11) is 0. The molecule has 1 fully saturated rings. The van der Waals surface area contributed by atoms with Crippen molar-refractivity contribution in [2.24, 2.45) is 0 Å². The Kier molecular flexibility index (Phi) is 3.43. The molecular weight excluding hydrogens is 230 g/mol. The molecule has 0 aromatic carbocycles. The third-order valence-corrected chi connectivity index (χ3v) is 3.42. The van der Waals surface area contributed by atoms with Gasteiger partial charge in [-0.1, -0.05) is 6.92 Å². The number of rotatable bonds is 2. The van der Waals surface area contributed by atoms with Crippen molar-refractivity contribution < 1.29 is 9.53 Å². The molecule has 1 saturated heterocycles. The van der Waals surface area contributed by atoms with E-state index in [1.807, 2.05) is 25.7 Å². The van der Waals surface area contributed by atoms with Gasteiger partial charge in [-0.15, -0.1) is 0 Å². The van der Waals surface area contributed by atoms with Crippen LogP contribution < -0.4 is 0 Å². The van der Waals surface area contributed by atoms with Gasteiger partial charge in [0.1, 0.15) is 5.69 Å². The summed E-state index contributed by atoms with van der Waals surface area (Å²) in [4.78, 5) is 21.5. The van der Waals surface area contributed by atoms with E-state index < -0.39 is 0 Å². The topological polar surface area (TPSA) is 58.2 Å². The molecule has 1 aromatic rings. The Morgan fingerprint density at radius 1 is 1.67 bits per heavy atom. The first-order valence-electron chi connectivity index (χ1n) is 6.39. The van der Waals surface area contributed by atoms with E-state index in [0.29, 0.717) is 18.8 Å². The number of hydrogen-bond donors (Lipinski definition) is 1. The maximum Gasteiger partial charge on any atom is 0.274 e.